The highest BCUT2D eigenvalue weighted by Gasteiger charge is 2.19. The second-order valence-electron chi connectivity index (χ2n) is 5.70. The van der Waals surface area contributed by atoms with Gasteiger partial charge in [0.25, 0.3) is 0 Å². The minimum atomic E-state index is 0.323. The van der Waals surface area contributed by atoms with Crippen molar-refractivity contribution in [1.29, 1.82) is 0 Å². The number of benzene rings is 1. The van der Waals surface area contributed by atoms with Crippen molar-refractivity contribution >= 4 is 15.9 Å². The Morgan fingerprint density at radius 2 is 2.14 bits per heavy atom. The lowest BCUT2D eigenvalue weighted by atomic mass is 10.00. The fourth-order valence-corrected chi connectivity index (χ4v) is 3.56. The van der Waals surface area contributed by atoms with Gasteiger partial charge in [-0.25, -0.2) is 4.98 Å². The van der Waals surface area contributed by atoms with Gasteiger partial charge < -0.3 is 9.88 Å². The molecule has 1 atom stereocenters. The van der Waals surface area contributed by atoms with E-state index >= 15 is 0 Å². The molecule has 0 spiro atoms. The summed E-state index contributed by atoms with van der Waals surface area (Å²) < 4.78 is 3.42. The van der Waals surface area contributed by atoms with Crippen molar-refractivity contribution in [3.05, 3.63) is 46.0 Å². The van der Waals surface area contributed by atoms with E-state index in [0.29, 0.717) is 6.04 Å². The molecule has 0 amide bonds. The van der Waals surface area contributed by atoms with Gasteiger partial charge in [-0.2, -0.15) is 0 Å². The number of hydrogen-bond acceptors (Lipinski definition) is 2. The summed E-state index contributed by atoms with van der Waals surface area (Å²) in [7, 11) is 0. The number of rotatable bonds is 4. The molecule has 3 nitrogen and oxygen atoms in total. The highest BCUT2D eigenvalue weighted by molar-refractivity contribution is 9.10. The molecule has 3 rings (SSSR count). The van der Waals surface area contributed by atoms with E-state index in [-0.39, 0.29) is 0 Å². The summed E-state index contributed by atoms with van der Waals surface area (Å²) in [6.07, 6.45) is 6.80. The molecule has 1 heterocycles. The maximum absolute atomic E-state index is 4.63. The van der Waals surface area contributed by atoms with E-state index < -0.39 is 0 Å². The Labute approximate surface area is 134 Å². The normalized spacial score (nSPS) is 15.8. The van der Waals surface area contributed by atoms with Crippen LogP contribution in [0.3, 0.4) is 0 Å². The highest BCUT2D eigenvalue weighted by atomic mass is 79.9. The number of nitrogens with zero attached hydrogens (tertiary/aromatic N) is 2. The third kappa shape index (κ3) is 2.92. The van der Waals surface area contributed by atoms with Crippen molar-refractivity contribution in [2.24, 2.45) is 0 Å². The Morgan fingerprint density at radius 1 is 1.33 bits per heavy atom. The molecule has 0 fully saturated rings. The first-order chi connectivity index (χ1) is 10.2. The summed E-state index contributed by atoms with van der Waals surface area (Å²) in [5.74, 6) is 0. The molecule has 21 heavy (non-hydrogen) atoms. The van der Waals surface area contributed by atoms with Gasteiger partial charge in [0.1, 0.15) is 0 Å². The highest BCUT2D eigenvalue weighted by Crippen LogP contribution is 2.29. The van der Waals surface area contributed by atoms with Gasteiger partial charge in [0.05, 0.1) is 17.7 Å². The lowest BCUT2D eigenvalue weighted by Crippen LogP contribution is -2.20. The maximum Gasteiger partial charge on any atom is 0.0997 e. The molecule has 0 radical (unpaired) electrons. The van der Waals surface area contributed by atoms with Crippen molar-refractivity contribution in [2.45, 2.75) is 45.6 Å². The van der Waals surface area contributed by atoms with E-state index in [0.717, 1.165) is 23.9 Å². The Hall–Kier alpha value is -1.13. The van der Waals surface area contributed by atoms with Crippen molar-refractivity contribution in [1.82, 2.24) is 14.9 Å². The van der Waals surface area contributed by atoms with Gasteiger partial charge in [-0.15, -0.1) is 0 Å². The number of imidazole rings is 1. The fourth-order valence-electron chi connectivity index (χ4n) is 3.18. The quantitative estimate of drug-likeness (QED) is 0.898. The van der Waals surface area contributed by atoms with Crippen LogP contribution in [0, 0.1) is 0 Å². The molecule has 1 aliphatic rings. The van der Waals surface area contributed by atoms with Crippen LogP contribution in [0.15, 0.2) is 29.0 Å². The van der Waals surface area contributed by atoms with E-state index in [1.54, 1.807) is 0 Å². The Bertz CT molecular complexity index is 633. The molecule has 1 unspecified atom stereocenters. The summed E-state index contributed by atoms with van der Waals surface area (Å²) in [4.78, 5) is 4.63. The monoisotopic (exact) mass is 347 g/mol. The zero-order valence-corrected chi connectivity index (χ0v) is 14.3. The predicted octanol–water partition coefficient (Wildman–Crippen LogP) is 4.18. The number of aryl methyl sites for hydroxylation is 1. The van der Waals surface area contributed by atoms with Crippen molar-refractivity contribution in [2.75, 3.05) is 6.54 Å². The van der Waals surface area contributed by atoms with Crippen LogP contribution in [0.1, 0.15) is 49.7 Å². The standard InChI is InChI=1S/C17H22BrN3/c1-3-19-12(2)14-10-13(18)8-9-16(14)21-11-20-15-6-4-5-7-17(15)21/h8-12,19H,3-7H2,1-2H3. The SMILES string of the molecule is CCNC(C)c1cc(Br)ccc1-n1cnc2c1CCCC2. The summed E-state index contributed by atoms with van der Waals surface area (Å²) in [5, 5.41) is 3.52. The third-order valence-electron chi connectivity index (χ3n) is 4.26. The zero-order valence-electron chi connectivity index (χ0n) is 12.7. The molecule has 2 aromatic rings. The molecule has 1 aromatic heterocycles. The molecule has 0 bridgehead atoms. The molecule has 0 saturated heterocycles. The number of hydrogen-bond donors (Lipinski definition) is 1. The maximum atomic E-state index is 4.63. The molecule has 0 saturated carbocycles. The van der Waals surface area contributed by atoms with Crippen molar-refractivity contribution in [3.8, 4) is 5.69 Å². The molecule has 0 aliphatic heterocycles. The third-order valence-corrected chi connectivity index (χ3v) is 4.75. The lowest BCUT2D eigenvalue weighted by Gasteiger charge is -2.21. The van der Waals surface area contributed by atoms with Gasteiger partial charge in [-0.05, 0) is 62.9 Å². The number of halogens is 1. The van der Waals surface area contributed by atoms with Gasteiger partial charge in [0.15, 0.2) is 0 Å². The molecule has 4 heteroatoms. The van der Waals surface area contributed by atoms with Crippen LogP contribution in [0.4, 0.5) is 0 Å². The van der Waals surface area contributed by atoms with Gasteiger partial charge in [-0.3, -0.25) is 0 Å². The predicted molar refractivity (Wildman–Crippen MR) is 90.0 cm³/mol. The molecule has 112 valence electrons. The van der Waals surface area contributed by atoms with E-state index in [1.807, 2.05) is 6.33 Å². The van der Waals surface area contributed by atoms with Crippen molar-refractivity contribution in [3.63, 3.8) is 0 Å². The number of fused-ring (bicyclic) bond motifs is 1. The molecular weight excluding hydrogens is 326 g/mol. The Kier molecular flexibility index (Phi) is 4.45. The van der Waals surface area contributed by atoms with Gasteiger partial charge in [0.2, 0.25) is 0 Å². The van der Waals surface area contributed by atoms with E-state index in [2.05, 4.69) is 62.8 Å². The zero-order chi connectivity index (χ0) is 14.8. The van der Waals surface area contributed by atoms with Gasteiger partial charge in [0, 0.05) is 16.2 Å². The molecule has 1 aromatic carbocycles. The van der Waals surface area contributed by atoms with Crippen LogP contribution in [0.25, 0.3) is 5.69 Å². The summed E-state index contributed by atoms with van der Waals surface area (Å²) >= 11 is 3.60. The second-order valence-corrected chi connectivity index (χ2v) is 6.61. The Morgan fingerprint density at radius 3 is 2.95 bits per heavy atom. The minimum Gasteiger partial charge on any atom is -0.310 e. The minimum absolute atomic E-state index is 0.323. The van der Waals surface area contributed by atoms with E-state index in [1.165, 1.54) is 35.5 Å². The van der Waals surface area contributed by atoms with Crippen LogP contribution < -0.4 is 5.32 Å². The van der Waals surface area contributed by atoms with E-state index in [4.69, 9.17) is 0 Å². The average molecular weight is 348 g/mol. The van der Waals surface area contributed by atoms with Crippen LogP contribution in [0.2, 0.25) is 0 Å². The van der Waals surface area contributed by atoms with E-state index in [9.17, 15) is 0 Å². The smallest absolute Gasteiger partial charge is 0.0997 e. The van der Waals surface area contributed by atoms with Gasteiger partial charge in [-0.1, -0.05) is 22.9 Å². The topological polar surface area (TPSA) is 29.9 Å². The summed E-state index contributed by atoms with van der Waals surface area (Å²) in [6, 6.07) is 6.86. The molecule has 1 aliphatic carbocycles. The first-order valence-corrected chi connectivity index (χ1v) is 8.58. The Balaban J connectivity index is 2.07. The second kappa shape index (κ2) is 6.32. The van der Waals surface area contributed by atoms with Crippen LogP contribution in [0.5, 0.6) is 0 Å². The average Bonchev–Trinajstić information content (AvgIpc) is 2.91. The number of nitrogens with one attached hydrogen (secondary N) is 1. The lowest BCUT2D eigenvalue weighted by molar-refractivity contribution is 0.593. The first-order valence-electron chi connectivity index (χ1n) is 7.79. The molecular formula is C17H22BrN3. The van der Waals surface area contributed by atoms with Crippen LogP contribution >= 0.6 is 15.9 Å². The van der Waals surface area contributed by atoms with Crippen LogP contribution in [-0.2, 0) is 12.8 Å². The fraction of sp³-hybridized carbons (Fsp3) is 0.471. The summed E-state index contributed by atoms with van der Waals surface area (Å²) in [6.45, 7) is 5.33. The molecule has 1 N–H and O–H groups in total. The van der Waals surface area contributed by atoms with Crippen LogP contribution in [-0.4, -0.2) is 16.1 Å². The first kappa shape index (κ1) is 14.8. The largest absolute Gasteiger partial charge is 0.310 e. The van der Waals surface area contributed by atoms with Gasteiger partial charge >= 0.3 is 0 Å². The summed E-state index contributed by atoms with van der Waals surface area (Å²) in [5.41, 5.74) is 5.25. The van der Waals surface area contributed by atoms with Crippen molar-refractivity contribution < 1.29 is 0 Å². The number of aromatic nitrogens is 2.